The maximum atomic E-state index is 13.1. The minimum absolute atomic E-state index is 0.124. The third-order valence-electron chi connectivity index (χ3n) is 2.52. The van der Waals surface area contributed by atoms with Gasteiger partial charge in [-0.15, -0.1) is 0 Å². The van der Waals surface area contributed by atoms with Gasteiger partial charge in [0, 0.05) is 5.56 Å². The van der Waals surface area contributed by atoms with Crippen molar-refractivity contribution in [2.45, 2.75) is 26.8 Å². The minimum Gasteiger partial charge on any atom is -0.480 e. The quantitative estimate of drug-likeness (QED) is 0.862. The number of halogens is 1. The first-order chi connectivity index (χ1) is 8.31. The summed E-state index contributed by atoms with van der Waals surface area (Å²) in [6.45, 7) is 5.04. The van der Waals surface area contributed by atoms with Crippen molar-refractivity contribution in [3.8, 4) is 0 Å². The van der Waals surface area contributed by atoms with Gasteiger partial charge in [-0.1, -0.05) is 13.8 Å². The smallest absolute Gasteiger partial charge is 0.326 e. The molecular formula is C13H16FNO3. The molecular weight excluding hydrogens is 237 g/mol. The molecule has 0 saturated carbocycles. The molecule has 0 fully saturated rings. The molecule has 1 aromatic rings. The number of hydrogen-bond acceptors (Lipinski definition) is 2. The highest BCUT2D eigenvalue weighted by Crippen LogP contribution is 2.10. The van der Waals surface area contributed by atoms with Gasteiger partial charge >= 0.3 is 5.97 Å². The number of aliphatic carboxylic acids is 1. The molecule has 18 heavy (non-hydrogen) atoms. The lowest BCUT2D eigenvalue weighted by Gasteiger charge is -2.18. The van der Waals surface area contributed by atoms with Crippen LogP contribution in [0.4, 0.5) is 4.39 Å². The number of aryl methyl sites for hydroxylation is 1. The van der Waals surface area contributed by atoms with Gasteiger partial charge in [0.05, 0.1) is 0 Å². The summed E-state index contributed by atoms with van der Waals surface area (Å²) >= 11 is 0. The van der Waals surface area contributed by atoms with E-state index in [1.165, 1.54) is 12.1 Å². The molecule has 0 heterocycles. The third kappa shape index (κ3) is 3.55. The molecule has 0 aliphatic carbocycles. The lowest BCUT2D eigenvalue weighted by atomic mass is 10.0. The van der Waals surface area contributed by atoms with Crippen LogP contribution >= 0.6 is 0 Å². The maximum Gasteiger partial charge on any atom is 0.326 e. The van der Waals surface area contributed by atoms with Gasteiger partial charge < -0.3 is 10.4 Å². The summed E-state index contributed by atoms with van der Waals surface area (Å²) < 4.78 is 13.1. The molecule has 98 valence electrons. The van der Waals surface area contributed by atoms with Crippen LogP contribution in [-0.4, -0.2) is 23.0 Å². The highest BCUT2D eigenvalue weighted by Gasteiger charge is 2.24. The Morgan fingerprint density at radius 3 is 2.33 bits per heavy atom. The van der Waals surface area contributed by atoms with Gasteiger partial charge in [-0.05, 0) is 36.6 Å². The van der Waals surface area contributed by atoms with Crippen molar-refractivity contribution in [3.63, 3.8) is 0 Å². The summed E-state index contributed by atoms with van der Waals surface area (Å²) in [6, 6.07) is 2.91. The minimum atomic E-state index is -1.11. The van der Waals surface area contributed by atoms with E-state index in [2.05, 4.69) is 5.32 Å². The molecule has 0 aliphatic rings. The number of carboxylic acid groups (broad SMARTS) is 1. The molecule has 1 amide bonds. The number of carbonyl (C=O) groups is 2. The molecule has 0 bridgehead atoms. The second-order valence-electron chi connectivity index (χ2n) is 4.55. The van der Waals surface area contributed by atoms with E-state index in [1.807, 2.05) is 0 Å². The highest BCUT2D eigenvalue weighted by molar-refractivity contribution is 5.96. The number of benzene rings is 1. The number of nitrogens with one attached hydrogen (secondary N) is 1. The predicted octanol–water partition coefficient (Wildman–Crippen LogP) is 1.97. The average molecular weight is 253 g/mol. The zero-order valence-corrected chi connectivity index (χ0v) is 10.5. The molecule has 0 spiro atoms. The normalized spacial score (nSPS) is 12.3. The SMILES string of the molecule is Cc1cc(F)cc(C(=O)N[C@H](C(=O)O)C(C)C)c1. The predicted molar refractivity (Wildman–Crippen MR) is 64.9 cm³/mol. The number of hydrogen-bond donors (Lipinski definition) is 2. The van der Waals surface area contributed by atoms with Gasteiger partial charge in [-0.3, -0.25) is 4.79 Å². The van der Waals surface area contributed by atoms with Gasteiger partial charge in [0.25, 0.3) is 5.91 Å². The van der Waals surface area contributed by atoms with E-state index in [-0.39, 0.29) is 11.5 Å². The molecule has 5 heteroatoms. The molecule has 1 rings (SSSR count). The van der Waals surface area contributed by atoms with E-state index in [0.717, 1.165) is 6.07 Å². The highest BCUT2D eigenvalue weighted by atomic mass is 19.1. The maximum absolute atomic E-state index is 13.1. The number of carbonyl (C=O) groups excluding carboxylic acids is 1. The van der Waals surface area contributed by atoms with Crippen LogP contribution in [0, 0.1) is 18.7 Å². The lowest BCUT2D eigenvalue weighted by Crippen LogP contribution is -2.44. The van der Waals surface area contributed by atoms with Gasteiger partial charge in [0.15, 0.2) is 0 Å². The van der Waals surface area contributed by atoms with Crippen LogP contribution in [0.15, 0.2) is 18.2 Å². The Labute approximate surface area is 105 Å². The van der Waals surface area contributed by atoms with Gasteiger partial charge in [0.1, 0.15) is 11.9 Å². The van der Waals surface area contributed by atoms with Crippen LogP contribution in [0.5, 0.6) is 0 Å². The Kier molecular flexibility index (Phi) is 4.42. The fraction of sp³-hybridized carbons (Fsp3) is 0.385. The molecule has 0 unspecified atom stereocenters. The van der Waals surface area contributed by atoms with Crippen LogP contribution in [0.3, 0.4) is 0 Å². The second-order valence-corrected chi connectivity index (χ2v) is 4.55. The van der Waals surface area contributed by atoms with Gasteiger partial charge in [0.2, 0.25) is 0 Å². The Balaban J connectivity index is 2.90. The first-order valence-electron chi connectivity index (χ1n) is 5.62. The summed E-state index contributed by atoms with van der Waals surface area (Å²) in [5.74, 6) is -2.46. The van der Waals surface area contributed by atoms with Crippen LogP contribution in [-0.2, 0) is 4.79 Å². The summed E-state index contributed by atoms with van der Waals surface area (Å²) in [6.07, 6.45) is 0. The molecule has 0 aliphatic heterocycles. The van der Waals surface area contributed by atoms with Crippen LogP contribution in [0.1, 0.15) is 29.8 Å². The summed E-state index contributed by atoms with van der Waals surface area (Å²) in [7, 11) is 0. The fourth-order valence-corrected chi connectivity index (χ4v) is 1.61. The Hall–Kier alpha value is -1.91. The fourth-order valence-electron chi connectivity index (χ4n) is 1.61. The van der Waals surface area contributed by atoms with Gasteiger partial charge in [-0.25, -0.2) is 9.18 Å². The van der Waals surface area contributed by atoms with Crippen molar-refractivity contribution < 1.29 is 19.1 Å². The number of amides is 1. The van der Waals surface area contributed by atoms with Crippen molar-refractivity contribution in [2.75, 3.05) is 0 Å². The van der Waals surface area contributed by atoms with E-state index >= 15 is 0 Å². The van der Waals surface area contributed by atoms with Crippen LogP contribution in [0.2, 0.25) is 0 Å². The number of rotatable bonds is 4. The molecule has 0 aromatic heterocycles. The van der Waals surface area contributed by atoms with Crippen molar-refractivity contribution in [3.05, 3.63) is 35.1 Å². The van der Waals surface area contributed by atoms with Crippen molar-refractivity contribution in [1.29, 1.82) is 0 Å². The van der Waals surface area contributed by atoms with E-state index in [9.17, 15) is 14.0 Å². The first-order valence-corrected chi connectivity index (χ1v) is 5.62. The monoisotopic (exact) mass is 253 g/mol. The Morgan fingerprint density at radius 2 is 1.89 bits per heavy atom. The first kappa shape index (κ1) is 14.2. The zero-order valence-electron chi connectivity index (χ0n) is 10.5. The molecule has 1 aromatic carbocycles. The molecule has 2 N–H and O–H groups in total. The zero-order chi connectivity index (χ0) is 13.9. The van der Waals surface area contributed by atoms with Crippen molar-refractivity contribution in [1.82, 2.24) is 5.32 Å². The summed E-state index contributed by atoms with van der Waals surface area (Å²) in [4.78, 5) is 22.8. The average Bonchev–Trinajstić information content (AvgIpc) is 2.23. The molecule has 0 radical (unpaired) electrons. The topological polar surface area (TPSA) is 66.4 Å². The van der Waals surface area contributed by atoms with Crippen molar-refractivity contribution in [2.24, 2.45) is 5.92 Å². The summed E-state index contributed by atoms with van der Waals surface area (Å²) in [5, 5.41) is 11.3. The second kappa shape index (κ2) is 5.62. The lowest BCUT2D eigenvalue weighted by molar-refractivity contribution is -0.140. The van der Waals surface area contributed by atoms with Gasteiger partial charge in [-0.2, -0.15) is 0 Å². The third-order valence-corrected chi connectivity index (χ3v) is 2.52. The molecule has 1 atom stereocenters. The van der Waals surface area contributed by atoms with Crippen LogP contribution < -0.4 is 5.32 Å². The number of carboxylic acids is 1. The van der Waals surface area contributed by atoms with E-state index in [1.54, 1.807) is 20.8 Å². The van der Waals surface area contributed by atoms with E-state index in [0.29, 0.717) is 5.56 Å². The van der Waals surface area contributed by atoms with E-state index in [4.69, 9.17) is 5.11 Å². The Morgan fingerprint density at radius 1 is 1.28 bits per heavy atom. The standard InChI is InChI=1S/C13H16FNO3/c1-7(2)11(13(17)18)15-12(16)9-4-8(3)5-10(14)6-9/h4-7,11H,1-3H3,(H,15,16)(H,17,18)/t11-/m0/s1. The summed E-state index contributed by atoms with van der Waals surface area (Å²) in [5.41, 5.74) is 0.732. The van der Waals surface area contributed by atoms with Crippen LogP contribution in [0.25, 0.3) is 0 Å². The molecule has 4 nitrogen and oxygen atoms in total. The van der Waals surface area contributed by atoms with Crippen molar-refractivity contribution >= 4 is 11.9 Å². The Bertz CT molecular complexity index is 451. The largest absolute Gasteiger partial charge is 0.480 e. The molecule has 0 saturated heterocycles. The van der Waals surface area contributed by atoms with E-state index < -0.39 is 23.7 Å².